The van der Waals surface area contributed by atoms with Crippen LogP contribution in [0.5, 0.6) is 0 Å². The number of rotatable bonds is 6. The summed E-state index contributed by atoms with van der Waals surface area (Å²) in [6.45, 7) is 4.83. The predicted molar refractivity (Wildman–Crippen MR) is 98.3 cm³/mol. The van der Waals surface area contributed by atoms with Crippen molar-refractivity contribution in [3.63, 3.8) is 0 Å². The smallest absolute Gasteiger partial charge is 0.256 e. The molecular formula is C20H27F2N3O2. The van der Waals surface area contributed by atoms with Gasteiger partial charge >= 0.3 is 0 Å². The average molecular weight is 379 g/mol. The number of amides is 2. The molecule has 0 aromatic heterocycles. The van der Waals surface area contributed by atoms with Crippen molar-refractivity contribution in [2.45, 2.75) is 32.1 Å². The van der Waals surface area contributed by atoms with Crippen molar-refractivity contribution in [2.24, 2.45) is 5.92 Å². The highest BCUT2D eigenvalue weighted by Crippen LogP contribution is 2.20. The highest BCUT2D eigenvalue weighted by atomic mass is 19.1. The van der Waals surface area contributed by atoms with Crippen LogP contribution in [0.2, 0.25) is 0 Å². The molecule has 2 fully saturated rings. The SMILES string of the molecule is O=C(NCCCN1CCCC1)C1CCN(C(=O)c2ccc(F)cc2F)CC1. The van der Waals surface area contributed by atoms with Gasteiger partial charge in [-0.25, -0.2) is 8.78 Å². The van der Waals surface area contributed by atoms with Gasteiger partial charge in [0.1, 0.15) is 11.6 Å². The first-order valence-corrected chi connectivity index (χ1v) is 9.79. The van der Waals surface area contributed by atoms with Crippen LogP contribution in [0.25, 0.3) is 0 Å². The molecule has 0 radical (unpaired) electrons. The van der Waals surface area contributed by atoms with Crippen molar-refractivity contribution in [1.82, 2.24) is 15.1 Å². The van der Waals surface area contributed by atoms with Gasteiger partial charge in [0.05, 0.1) is 5.56 Å². The minimum atomic E-state index is -0.849. The van der Waals surface area contributed by atoms with E-state index in [4.69, 9.17) is 0 Å². The zero-order chi connectivity index (χ0) is 19.2. The first-order chi connectivity index (χ1) is 13.0. The fourth-order valence-corrected chi connectivity index (χ4v) is 3.84. The minimum absolute atomic E-state index is 0.0384. The van der Waals surface area contributed by atoms with Gasteiger partial charge in [-0.3, -0.25) is 9.59 Å². The monoisotopic (exact) mass is 379 g/mol. The van der Waals surface area contributed by atoms with Gasteiger partial charge in [0.15, 0.2) is 0 Å². The molecular weight excluding hydrogens is 352 g/mol. The summed E-state index contributed by atoms with van der Waals surface area (Å²) in [6.07, 6.45) is 4.61. The van der Waals surface area contributed by atoms with Crippen LogP contribution in [0, 0.1) is 17.6 Å². The van der Waals surface area contributed by atoms with Crippen molar-refractivity contribution in [3.8, 4) is 0 Å². The largest absolute Gasteiger partial charge is 0.356 e. The normalized spacial score (nSPS) is 18.7. The van der Waals surface area contributed by atoms with E-state index in [9.17, 15) is 18.4 Å². The number of hydrogen-bond acceptors (Lipinski definition) is 3. The molecule has 7 heteroatoms. The van der Waals surface area contributed by atoms with E-state index in [1.807, 2.05) is 0 Å². The second kappa shape index (κ2) is 9.26. The van der Waals surface area contributed by atoms with E-state index in [0.29, 0.717) is 32.5 Å². The molecule has 2 heterocycles. The van der Waals surface area contributed by atoms with Crippen molar-refractivity contribution in [3.05, 3.63) is 35.4 Å². The van der Waals surface area contributed by atoms with Crippen LogP contribution in [0.15, 0.2) is 18.2 Å². The molecule has 148 valence electrons. The van der Waals surface area contributed by atoms with E-state index in [-0.39, 0.29) is 17.4 Å². The molecule has 0 bridgehead atoms. The standard InChI is InChI=1S/C20H27F2N3O2/c21-16-4-5-17(18(22)14-16)20(27)25-12-6-15(7-13-25)19(26)23-8-3-11-24-9-1-2-10-24/h4-5,14-15H,1-3,6-13H2,(H,23,26). The highest BCUT2D eigenvalue weighted by molar-refractivity contribution is 5.94. The average Bonchev–Trinajstić information content (AvgIpc) is 3.18. The number of carbonyl (C=O) groups excluding carboxylic acids is 2. The first-order valence-electron chi connectivity index (χ1n) is 9.79. The number of likely N-dealkylation sites (tertiary alicyclic amines) is 2. The zero-order valence-electron chi connectivity index (χ0n) is 15.6. The Morgan fingerprint density at radius 2 is 1.78 bits per heavy atom. The Kier molecular flexibility index (Phi) is 6.77. The summed E-state index contributed by atoms with van der Waals surface area (Å²) in [5.74, 6) is -2.07. The lowest BCUT2D eigenvalue weighted by molar-refractivity contribution is -0.126. The zero-order valence-corrected chi connectivity index (χ0v) is 15.6. The Hall–Kier alpha value is -2.02. The lowest BCUT2D eigenvalue weighted by Gasteiger charge is -2.31. The van der Waals surface area contributed by atoms with Crippen molar-refractivity contribution in [2.75, 3.05) is 39.3 Å². The maximum Gasteiger partial charge on any atom is 0.256 e. The fraction of sp³-hybridized carbons (Fsp3) is 0.600. The van der Waals surface area contributed by atoms with Crippen LogP contribution in [0.1, 0.15) is 42.5 Å². The van der Waals surface area contributed by atoms with Gasteiger partial charge in [-0.05, 0) is 63.9 Å². The van der Waals surface area contributed by atoms with Gasteiger partial charge < -0.3 is 15.1 Å². The second-order valence-corrected chi connectivity index (χ2v) is 7.38. The molecule has 1 aromatic carbocycles. The van der Waals surface area contributed by atoms with Crippen LogP contribution >= 0.6 is 0 Å². The number of nitrogens with one attached hydrogen (secondary N) is 1. The quantitative estimate of drug-likeness (QED) is 0.773. The van der Waals surface area contributed by atoms with Gasteiger partial charge in [-0.1, -0.05) is 0 Å². The molecule has 2 aliphatic rings. The van der Waals surface area contributed by atoms with E-state index in [1.54, 1.807) is 0 Å². The number of carbonyl (C=O) groups is 2. The van der Waals surface area contributed by atoms with Crippen molar-refractivity contribution < 1.29 is 18.4 Å². The number of benzene rings is 1. The number of halogens is 2. The van der Waals surface area contributed by atoms with E-state index >= 15 is 0 Å². The molecule has 1 aromatic rings. The Bertz CT molecular complexity index is 669. The van der Waals surface area contributed by atoms with Crippen LogP contribution < -0.4 is 5.32 Å². The molecule has 0 aliphatic carbocycles. The second-order valence-electron chi connectivity index (χ2n) is 7.38. The molecule has 2 amide bonds. The third-order valence-corrected chi connectivity index (χ3v) is 5.46. The number of nitrogens with zero attached hydrogens (tertiary/aromatic N) is 2. The molecule has 0 spiro atoms. The minimum Gasteiger partial charge on any atom is -0.356 e. The first kappa shape index (κ1) is 19.7. The van der Waals surface area contributed by atoms with Crippen molar-refractivity contribution >= 4 is 11.8 Å². The van der Waals surface area contributed by atoms with Crippen molar-refractivity contribution in [1.29, 1.82) is 0 Å². The molecule has 27 heavy (non-hydrogen) atoms. The third kappa shape index (κ3) is 5.25. The topological polar surface area (TPSA) is 52.7 Å². The van der Waals surface area contributed by atoms with E-state index < -0.39 is 17.5 Å². The third-order valence-electron chi connectivity index (χ3n) is 5.46. The number of piperidine rings is 1. The van der Waals surface area contributed by atoms with E-state index in [1.165, 1.54) is 23.8 Å². The van der Waals surface area contributed by atoms with Crippen LogP contribution in [0.4, 0.5) is 8.78 Å². The van der Waals surface area contributed by atoms with Gasteiger partial charge in [-0.2, -0.15) is 0 Å². The Labute approximate surface area is 158 Å². The lowest BCUT2D eigenvalue weighted by atomic mass is 9.95. The summed E-state index contributed by atoms with van der Waals surface area (Å²) in [5, 5.41) is 3.00. The van der Waals surface area contributed by atoms with E-state index in [2.05, 4.69) is 10.2 Å². The predicted octanol–water partition coefficient (Wildman–Crippen LogP) is 2.42. The Morgan fingerprint density at radius 3 is 2.44 bits per heavy atom. The molecule has 2 aliphatic heterocycles. The molecule has 2 saturated heterocycles. The Morgan fingerprint density at radius 1 is 1.07 bits per heavy atom. The summed E-state index contributed by atoms with van der Waals surface area (Å²) in [6, 6.07) is 2.97. The van der Waals surface area contributed by atoms with Crippen LogP contribution in [-0.4, -0.2) is 60.9 Å². The highest BCUT2D eigenvalue weighted by Gasteiger charge is 2.28. The molecule has 5 nitrogen and oxygen atoms in total. The molecule has 3 rings (SSSR count). The van der Waals surface area contributed by atoms with Gasteiger partial charge in [0, 0.05) is 31.6 Å². The molecule has 1 N–H and O–H groups in total. The summed E-state index contributed by atoms with van der Waals surface area (Å²) >= 11 is 0. The molecule has 0 atom stereocenters. The fourth-order valence-electron chi connectivity index (χ4n) is 3.84. The maximum atomic E-state index is 13.8. The molecule has 0 saturated carbocycles. The van der Waals surface area contributed by atoms with Gasteiger partial charge in [-0.15, -0.1) is 0 Å². The van der Waals surface area contributed by atoms with Crippen LogP contribution in [-0.2, 0) is 4.79 Å². The lowest BCUT2D eigenvalue weighted by Crippen LogP contribution is -2.43. The summed E-state index contributed by atoms with van der Waals surface area (Å²) in [7, 11) is 0. The summed E-state index contributed by atoms with van der Waals surface area (Å²) in [4.78, 5) is 28.7. The Balaban J connectivity index is 1.39. The number of hydrogen-bond donors (Lipinski definition) is 1. The van der Waals surface area contributed by atoms with Crippen LogP contribution in [0.3, 0.4) is 0 Å². The van der Waals surface area contributed by atoms with E-state index in [0.717, 1.165) is 38.2 Å². The summed E-state index contributed by atoms with van der Waals surface area (Å²) < 4.78 is 26.8. The van der Waals surface area contributed by atoms with Gasteiger partial charge in [0.25, 0.3) is 5.91 Å². The molecule has 0 unspecified atom stereocenters. The van der Waals surface area contributed by atoms with Gasteiger partial charge in [0.2, 0.25) is 5.91 Å². The summed E-state index contributed by atoms with van der Waals surface area (Å²) in [5.41, 5.74) is -0.124. The maximum absolute atomic E-state index is 13.8.